The van der Waals surface area contributed by atoms with Gasteiger partial charge < -0.3 is 10.6 Å². The van der Waals surface area contributed by atoms with E-state index in [1.54, 1.807) is 18.2 Å². The fourth-order valence-corrected chi connectivity index (χ4v) is 2.49. The van der Waals surface area contributed by atoms with Crippen LogP contribution in [0.3, 0.4) is 0 Å². The molecule has 2 aromatic rings. The molecule has 2 aromatic carbocycles. The Kier molecular flexibility index (Phi) is 5.26. The maximum atomic E-state index is 12.5. The molecule has 1 amide bonds. The molecule has 5 heteroatoms. The number of nitrogens with one attached hydrogen (secondary N) is 2. The van der Waals surface area contributed by atoms with Crippen LogP contribution in [-0.2, 0) is 0 Å². The molecule has 2 rings (SSSR count). The van der Waals surface area contributed by atoms with Gasteiger partial charge in [0, 0.05) is 21.7 Å². The summed E-state index contributed by atoms with van der Waals surface area (Å²) in [6.45, 7) is 4.75. The van der Waals surface area contributed by atoms with E-state index in [9.17, 15) is 4.79 Å². The molecule has 0 aromatic heterocycles. The smallest absolute Gasteiger partial charge is 0.257 e. The minimum Gasteiger partial charge on any atom is -0.385 e. The Morgan fingerprint density at radius 1 is 1.19 bits per heavy atom. The topological polar surface area (TPSA) is 41.1 Å². The van der Waals surface area contributed by atoms with E-state index < -0.39 is 0 Å². The van der Waals surface area contributed by atoms with Crippen molar-refractivity contribution in [3.8, 4) is 0 Å². The predicted octanol–water partition coefficient (Wildman–Crippen LogP) is 5.10. The number of halogens is 2. The van der Waals surface area contributed by atoms with Crippen molar-refractivity contribution in [1.82, 2.24) is 0 Å². The lowest BCUT2D eigenvalue weighted by atomic mass is 10.1. The highest BCUT2D eigenvalue weighted by molar-refractivity contribution is 9.10. The third-order valence-electron chi connectivity index (χ3n) is 2.96. The summed E-state index contributed by atoms with van der Waals surface area (Å²) >= 11 is 9.37. The number of carbonyl (C=O) groups excluding carboxylic acids is 1. The fraction of sp³-hybridized carbons (Fsp3) is 0.188. The SMILES string of the molecule is CCNc1cc(C)ccc1C(=O)Nc1cc(Cl)ccc1Br. The molecule has 0 aliphatic heterocycles. The van der Waals surface area contributed by atoms with Crippen LogP contribution in [0.1, 0.15) is 22.8 Å². The van der Waals surface area contributed by atoms with Crippen molar-refractivity contribution in [2.24, 2.45) is 0 Å². The first-order chi connectivity index (χ1) is 10.0. The third-order valence-corrected chi connectivity index (χ3v) is 3.89. The van der Waals surface area contributed by atoms with Crippen LogP contribution in [0.4, 0.5) is 11.4 Å². The van der Waals surface area contributed by atoms with Gasteiger partial charge in [0.25, 0.3) is 5.91 Å². The van der Waals surface area contributed by atoms with Gasteiger partial charge in [-0.2, -0.15) is 0 Å². The molecule has 0 bridgehead atoms. The molecule has 2 N–H and O–H groups in total. The van der Waals surface area contributed by atoms with E-state index in [1.165, 1.54) is 0 Å². The first kappa shape index (κ1) is 15.9. The quantitative estimate of drug-likeness (QED) is 0.790. The van der Waals surface area contributed by atoms with E-state index in [1.807, 2.05) is 32.0 Å². The molecule has 0 saturated heterocycles. The normalized spacial score (nSPS) is 10.3. The zero-order valence-corrected chi connectivity index (χ0v) is 14.2. The molecule has 0 saturated carbocycles. The first-order valence-corrected chi connectivity index (χ1v) is 7.79. The molecule has 0 spiro atoms. The number of carbonyl (C=O) groups is 1. The van der Waals surface area contributed by atoms with Crippen molar-refractivity contribution < 1.29 is 4.79 Å². The lowest BCUT2D eigenvalue weighted by molar-refractivity contribution is 0.102. The van der Waals surface area contributed by atoms with Gasteiger partial charge in [0.05, 0.1) is 11.3 Å². The van der Waals surface area contributed by atoms with Gasteiger partial charge in [-0.3, -0.25) is 4.79 Å². The van der Waals surface area contributed by atoms with Gasteiger partial charge in [-0.05, 0) is 65.7 Å². The maximum Gasteiger partial charge on any atom is 0.257 e. The average molecular weight is 368 g/mol. The van der Waals surface area contributed by atoms with Crippen LogP contribution in [0.5, 0.6) is 0 Å². The van der Waals surface area contributed by atoms with E-state index in [2.05, 4.69) is 26.6 Å². The molecule has 0 aliphatic rings. The summed E-state index contributed by atoms with van der Waals surface area (Å²) in [6, 6.07) is 11.0. The van der Waals surface area contributed by atoms with Gasteiger partial charge in [-0.25, -0.2) is 0 Å². The van der Waals surface area contributed by atoms with Gasteiger partial charge >= 0.3 is 0 Å². The second-order valence-corrected chi connectivity index (χ2v) is 5.95. The predicted molar refractivity (Wildman–Crippen MR) is 92.4 cm³/mol. The van der Waals surface area contributed by atoms with E-state index in [0.29, 0.717) is 16.3 Å². The summed E-state index contributed by atoms with van der Waals surface area (Å²) in [7, 11) is 0. The molecule has 21 heavy (non-hydrogen) atoms. The van der Waals surface area contributed by atoms with Crippen LogP contribution >= 0.6 is 27.5 Å². The Balaban J connectivity index is 2.30. The highest BCUT2D eigenvalue weighted by atomic mass is 79.9. The molecule has 0 radical (unpaired) electrons. The van der Waals surface area contributed by atoms with E-state index in [4.69, 9.17) is 11.6 Å². The molecule has 110 valence electrons. The summed E-state index contributed by atoms with van der Waals surface area (Å²) in [5.74, 6) is -0.172. The second kappa shape index (κ2) is 6.96. The number of amides is 1. The van der Waals surface area contributed by atoms with Crippen molar-refractivity contribution in [1.29, 1.82) is 0 Å². The number of benzene rings is 2. The number of anilines is 2. The van der Waals surface area contributed by atoms with Crippen molar-refractivity contribution >= 4 is 44.8 Å². The summed E-state index contributed by atoms with van der Waals surface area (Å²) in [5, 5.41) is 6.66. The molecule has 0 aliphatic carbocycles. The lowest BCUT2D eigenvalue weighted by Crippen LogP contribution is -2.15. The number of aryl methyl sites for hydroxylation is 1. The van der Waals surface area contributed by atoms with Crippen LogP contribution in [0.25, 0.3) is 0 Å². The molecule has 0 unspecified atom stereocenters. The maximum absolute atomic E-state index is 12.5. The van der Waals surface area contributed by atoms with E-state index >= 15 is 0 Å². The lowest BCUT2D eigenvalue weighted by Gasteiger charge is -2.13. The van der Waals surface area contributed by atoms with Gasteiger partial charge in [-0.15, -0.1) is 0 Å². The third kappa shape index (κ3) is 3.99. The molecule has 3 nitrogen and oxygen atoms in total. The molecule has 0 heterocycles. The van der Waals surface area contributed by atoms with Crippen LogP contribution < -0.4 is 10.6 Å². The van der Waals surface area contributed by atoms with Crippen LogP contribution in [0.2, 0.25) is 5.02 Å². The summed E-state index contributed by atoms with van der Waals surface area (Å²) in [5.41, 5.74) is 3.18. The Morgan fingerprint density at radius 2 is 1.95 bits per heavy atom. The first-order valence-electron chi connectivity index (χ1n) is 6.62. The van der Waals surface area contributed by atoms with Crippen molar-refractivity contribution in [2.45, 2.75) is 13.8 Å². The monoisotopic (exact) mass is 366 g/mol. The Morgan fingerprint density at radius 3 is 2.67 bits per heavy atom. The van der Waals surface area contributed by atoms with Crippen molar-refractivity contribution in [2.75, 3.05) is 17.2 Å². The Labute approximate surface area is 137 Å². The number of hydrogen-bond acceptors (Lipinski definition) is 2. The zero-order chi connectivity index (χ0) is 15.4. The van der Waals surface area contributed by atoms with E-state index in [-0.39, 0.29) is 5.91 Å². The van der Waals surface area contributed by atoms with Crippen LogP contribution in [0.15, 0.2) is 40.9 Å². The molecular formula is C16H16BrClN2O. The van der Waals surface area contributed by atoms with Crippen LogP contribution in [-0.4, -0.2) is 12.5 Å². The van der Waals surface area contributed by atoms with Crippen molar-refractivity contribution in [3.05, 3.63) is 57.0 Å². The Hall–Kier alpha value is -1.52. The van der Waals surface area contributed by atoms with Crippen LogP contribution in [0, 0.1) is 6.92 Å². The standard InChI is InChI=1S/C16H16BrClN2O/c1-3-19-14-8-10(2)4-6-12(14)16(21)20-15-9-11(18)5-7-13(15)17/h4-9,19H,3H2,1-2H3,(H,20,21). The van der Waals surface area contributed by atoms with E-state index in [0.717, 1.165) is 22.3 Å². The largest absolute Gasteiger partial charge is 0.385 e. The fourth-order valence-electron chi connectivity index (χ4n) is 1.98. The van der Waals surface area contributed by atoms with Gasteiger partial charge in [0.2, 0.25) is 0 Å². The zero-order valence-electron chi connectivity index (χ0n) is 11.8. The Bertz CT molecular complexity index is 673. The molecule has 0 atom stereocenters. The van der Waals surface area contributed by atoms with Gasteiger partial charge in [0.1, 0.15) is 0 Å². The minimum atomic E-state index is -0.172. The molecular weight excluding hydrogens is 352 g/mol. The number of hydrogen-bond donors (Lipinski definition) is 2. The van der Waals surface area contributed by atoms with Gasteiger partial charge in [-0.1, -0.05) is 17.7 Å². The number of rotatable bonds is 4. The highest BCUT2D eigenvalue weighted by Gasteiger charge is 2.13. The summed E-state index contributed by atoms with van der Waals surface area (Å²) < 4.78 is 0.789. The minimum absolute atomic E-state index is 0.172. The highest BCUT2D eigenvalue weighted by Crippen LogP contribution is 2.27. The van der Waals surface area contributed by atoms with Crippen molar-refractivity contribution in [3.63, 3.8) is 0 Å². The van der Waals surface area contributed by atoms with Gasteiger partial charge in [0.15, 0.2) is 0 Å². The second-order valence-electron chi connectivity index (χ2n) is 4.66. The summed E-state index contributed by atoms with van der Waals surface area (Å²) in [6.07, 6.45) is 0. The summed E-state index contributed by atoms with van der Waals surface area (Å²) in [4.78, 5) is 12.5. The molecule has 0 fully saturated rings. The average Bonchev–Trinajstić information content (AvgIpc) is 2.43.